The van der Waals surface area contributed by atoms with E-state index in [-0.39, 0.29) is 12.2 Å². The average molecular weight is 276 g/mol. The second-order valence-corrected chi connectivity index (χ2v) is 3.94. The Morgan fingerprint density at radius 3 is 2.75 bits per heavy atom. The molecule has 2 aromatic carbocycles. The maximum atomic E-state index is 13.3. The van der Waals surface area contributed by atoms with Crippen LogP contribution in [0.3, 0.4) is 0 Å². The zero-order valence-corrected chi connectivity index (χ0v) is 10.8. The van der Waals surface area contributed by atoms with Crippen LogP contribution >= 0.6 is 0 Å². The number of benzene rings is 2. The van der Waals surface area contributed by atoms with Gasteiger partial charge in [0.05, 0.1) is 7.11 Å². The number of hydrogen-bond acceptors (Lipinski definition) is 3. The summed E-state index contributed by atoms with van der Waals surface area (Å²) in [7, 11) is 1.56. The van der Waals surface area contributed by atoms with Crippen LogP contribution in [0.5, 0.6) is 5.75 Å². The van der Waals surface area contributed by atoms with Crippen LogP contribution < -0.4 is 4.74 Å². The van der Waals surface area contributed by atoms with Gasteiger partial charge in [0.15, 0.2) is 0 Å². The number of hydrogen-bond donors (Lipinski definition) is 0. The highest BCUT2D eigenvalue weighted by Gasteiger charge is 2.03. The third-order valence-electron chi connectivity index (χ3n) is 2.54. The lowest BCUT2D eigenvalue weighted by Gasteiger charge is -2.02. The number of rotatable bonds is 5. The molecule has 2 rings (SSSR count). The third kappa shape index (κ3) is 3.78. The summed E-state index contributed by atoms with van der Waals surface area (Å²) >= 11 is 0. The van der Waals surface area contributed by atoms with Crippen LogP contribution in [0.4, 0.5) is 8.78 Å². The van der Waals surface area contributed by atoms with E-state index in [9.17, 15) is 8.78 Å². The Morgan fingerprint density at radius 1 is 1.15 bits per heavy atom. The van der Waals surface area contributed by atoms with Crippen molar-refractivity contribution in [3.63, 3.8) is 0 Å². The van der Waals surface area contributed by atoms with Crippen LogP contribution in [0.15, 0.2) is 47.6 Å². The fourth-order valence-corrected chi connectivity index (χ4v) is 1.52. The van der Waals surface area contributed by atoms with Gasteiger partial charge in [0.25, 0.3) is 0 Å². The van der Waals surface area contributed by atoms with Gasteiger partial charge in [0, 0.05) is 17.2 Å². The highest BCUT2D eigenvalue weighted by Crippen LogP contribution is 2.12. The highest BCUT2D eigenvalue weighted by atomic mass is 19.1. The maximum absolute atomic E-state index is 13.3. The summed E-state index contributed by atoms with van der Waals surface area (Å²) in [4.78, 5) is 4.93. The molecule has 0 spiro atoms. The zero-order valence-electron chi connectivity index (χ0n) is 10.8. The largest absolute Gasteiger partial charge is 0.497 e. The molecule has 0 bridgehead atoms. The Morgan fingerprint density at radius 2 is 2.00 bits per heavy atom. The fourth-order valence-electron chi connectivity index (χ4n) is 1.52. The second-order valence-electron chi connectivity index (χ2n) is 3.94. The van der Waals surface area contributed by atoms with E-state index in [4.69, 9.17) is 9.57 Å². The van der Waals surface area contributed by atoms with Crippen LogP contribution in [0, 0.1) is 11.6 Å². The minimum atomic E-state index is -0.665. The van der Waals surface area contributed by atoms with Crippen LogP contribution in [0.2, 0.25) is 0 Å². The zero-order chi connectivity index (χ0) is 14.4. The van der Waals surface area contributed by atoms with Gasteiger partial charge < -0.3 is 9.57 Å². The van der Waals surface area contributed by atoms with Crippen molar-refractivity contribution in [3.8, 4) is 5.75 Å². The van der Waals surface area contributed by atoms with Crippen molar-refractivity contribution in [2.75, 3.05) is 7.11 Å². The van der Waals surface area contributed by atoms with Crippen molar-refractivity contribution >= 4 is 6.21 Å². The molecule has 3 nitrogen and oxygen atoms in total. The average Bonchev–Trinajstić information content (AvgIpc) is 2.45. The van der Waals surface area contributed by atoms with Gasteiger partial charge in [-0.05, 0) is 24.3 Å². The number of nitrogens with zero attached hydrogens (tertiary/aromatic N) is 1. The summed E-state index contributed by atoms with van der Waals surface area (Å²) in [6.45, 7) is -0.0942. The maximum Gasteiger partial charge on any atom is 0.145 e. The van der Waals surface area contributed by atoms with Crippen LogP contribution in [0.1, 0.15) is 11.1 Å². The van der Waals surface area contributed by atoms with E-state index < -0.39 is 11.6 Å². The van der Waals surface area contributed by atoms with Gasteiger partial charge in [0.1, 0.15) is 30.2 Å². The monoisotopic (exact) mass is 276 g/mol. The van der Waals surface area contributed by atoms with Gasteiger partial charge in [-0.1, -0.05) is 17.3 Å². The first-order chi connectivity index (χ1) is 9.69. The van der Waals surface area contributed by atoms with Crippen molar-refractivity contribution in [1.82, 2.24) is 0 Å². The fraction of sp³-hybridized carbons (Fsp3) is 0.133. The lowest BCUT2D eigenvalue weighted by atomic mass is 10.2. The first kappa shape index (κ1) is 14.0. The molecule has 103 valence electrons. The van der Waals surface area contributed by atoms with E-state index in [0.717, 1.165) is 12.1 Å². The van der Waals surface area contributed by atoms with Crippen molar-refractivity contribution in [2.45, 2.75) is 6.61 Å². The predicted molar refractivity (Wildman–Crippen MR) is 70.7 cm³/mol. The lowest BCUT2D eigenvalue weighted by Crippen LogP contribution is -1.93. The molecule has 0 heterocycles. The van der Waals surface area contributed by atoms with Crippen LogP contribution in [-0.4, -0.2) is 13.3 Å². The summed E-state index contributed by atoms with van der Waals surface area (Å²) in [6, 6.07) is 10.4. The number of methoxy groups -OCH3 is 1. The standard InChI is InChI=1S/C15H12F2NO2/c1-19-14-4-2-3-11(7-14)9-18-20-10-12-5-6-13(16)8-15(12)17/h2-8H,10H2,1H3. The molecule has 0 aliphatic carbocycles. The lowest BCUT2D eigenvalue weighted by molar-refractivity contribution is 0.129. The van der Waals surface area contributed by atoms with Crippen molar-refractivity contribution < 1.29 is 18.4 Å². The van der Waals surface area contributed by atoms with E-state index >= 15 is 0 Å². The van der Waals surface area contributed by atoms with Crippen molar-refractivity contribution in [3.05, 3.63) is 65.2 Å². The van der Waals surface area contributed by atoms with Gasteiger partial charge in [-0.3, -0.25) is 0 Å². The molecule has 0 saturated carbocycles. The molecule has 2 aromatic rings. The summed E-state index contributed by atoms with van der Waals surface area (Å²) in [5.74, 6) is -0.617. The van der Waals surface area contributed by atoms with Gasteiger partial charge in [-0.2, -0.15) is 0 Å². The van der Waals surface area contributed by atoms with Crippen molar-refractivity contribution in [2.24, 2.45) is 5.16 Å². The molecule has 0 fully saturated rings. The van der Waals surface area contributed by atoms with Gasteiger partial charge in [-0.25, -0.2) is 8.78 Å². The summed E-state index contributed by atoms with van der Waals surface area (Å²) in [5.41, 5.74) is 0.895. The Kier molecular flexibility index (Phi) is 4.65. The van der Waals surface area contributed by atoms with E-state index in [1.54, 1.807) is 31.4 Å². The first-order valence-corrected chi connectivity index (χ1v) is 5.85. The molecule has 0 amide bonds. The second kappa shape index (κ2) is 6.65. The van der Waals surface area contributed by atoms with Crippen LogP contribution in [-0.2, 0) is 11.4 Å². The molecular formula is C15H12F2NO2. The van der Waals surface area contributed by atoms with Crippen LogP contribution in [0.25, 0.3) is 0 Å². The predicted octanol–water partition coefficient (Wildman–Crippen LogP) is 3.40. The molecule has 20 heavy (non-hydrogen) atoms. The van der Waals surface area contributed by atoms with Gasteiger partial charge >= 0.3 is 0 Å². The molecule has 1 radical (unpaired) electrons. The molecule has 5 heteroatoms. The normalized spacial score (nSPS) is 10.8. The topological polar surface area (TPSA) is 30.8 Å². The highest BCUT2D eigenvalue weighted by molar-refractivity contribution is 5.79. The van der Waals surface area contributed by atoms with E-state index in [2.05, 4.69) is 11.4 Å². The Bertz CT molecular complexity index is 615. The van der Waals surface area contributed by atoms with E-state index in [1.807, 2.05) is 0 Å². The molecule has 0 unspecified atom stereocenters. The molecular weight excluding hydrogens is 264 g/mol. The van der Waals surface area contributed by atoms with Crippen molar-refractivity contribution in [1.29, 1.82) is 0 Å². The third-order valence-corrected chi connectivity index (χ3v) is 2.54. The minimum absolute atomic E-state index is 0.0942. The quantitative estimate of drug-likeness (QED) is 0.619. The molecule has 0 aromatic heterocycles. The summed E-state index contributed by atoms with van der Waals surface area (Å²) in [6.07, 6.45) is 2.65. The minimum Gasteiger partial charge on any atom is -0.497 e. The Hall–Kier alpha value is -2.43. The molecule has 0 aliphatic rings. The molecule has 0 aliphatic heterocycles. The molecule has 0 N–H and O–H groups in total. The molecule has 0 saturated heterocycles. The molecule has 0 atom stereocenters. The smallest absolute Gasteiger partial charge is 0.145 e. The summed E-state index contributed by atoms with van der Waals surface area (Å²) < 4.78 is 31.1. The number of halogens is 2. The SMILES string of the molecule is COc1cccc(/[C]=N\OCc2ccc(F)cc2F)c1. The van der Waals surface area contributed by atoms with E-state index in [1.165, 1.54) is 6.07 Å². The first-order valence-electron chi connectivity index (χ1n) is 5.85. The van der Waals surface area contributed by atoms with Gasteiger partial charge in [0.2, 0.25) is 0 Å². The van der Waals surface area contributed by atoms with Gasteiger partial charge in [-0.15, -0.1) is 0 Å². The Labute approximate surface area is 115 Å². The van der Waals surface area contributed by atoms with E-state index in [0.29, 0.717) is 11.3 Å². The summed E-state index contributed by atoms with van der Waals surface area (Å²) in [5, 5.41) is 3.61. The Balaban J connectivity index is 1.93. The number of ether oxygens (including phenoxy) is 1.